The zero-order valence-electron chi connectivity index (χ0n) is 19.6. The molecule has 1 heterocycles. The summed E-state index contributed by atoms with van der Waals surface area (Å²) in [5.74, 6) is 1.01. The Hall–Kier alpha value is -2.68. The van der Waals surface area contributed by atoms with E-state index in [1.807, 2.05) is 51.1 Å². The molecule has 0 aliphatic carbocycles. The van der Waals surface area contributed by atoms with Crippen LogP contribution in [0.1, 0.15) is 37.6 Å². The summed E-state index contributed by atoms with van der Waals surface area (Å²) in [7, 11) is 0. The number of halogens is 2. The molecular formula is C25H31ClFN3O4. The molecule has 3 aromatic rings. The molecule has 2 aromatic carbocycles. The topological polar surface area (TPSA) is 89.6 Å². The summed E-state index contributed by atoms with van der Waals surface area (Å²) < 4.78 is 27.3. The smallest absolute Gasteiger partial charge is 0.165 e. The number of aliphatic hydroxyl groups excluding tert-OH is 2. The van der Waals surface area contributed by atoms with Gasteiger partial charge in [0.05, 0.1) is 31.6 Å². The van der Waals surface area contributed by atoms with E-state index in [2.05, 4.69) is 10.3 Å². The van der Waals surface area contributed by atoms with E-state index < -0.39 is 17.3 Å². The van der Waals surface area contributed by atoms with Crippen LogP contribution in [0.25, 0.3) is 0 Å². The van der Waals surface area contributed by atoms with Gasteiger partial charge in [-0.05, 0) is 35.4 Å². The molecule has 2 unspecified atom stereocenters. The van der Waals surface area contributed by atoms with E-state index in [0.717, 1.165) is 11.1 Å². The number of nitrogens with zero attached hydrogens (tertiary/aromatic N) is 3. The van der Waals surface area contributed by atoms with Crippen molar-refractivity contribution in [2.24, 2.45) is 5.92 Å². The zero-order chi connectivity index (χ0) is 24.7. The molecule has 2 atom stereocenters. The highest BCUT2D eigenvalue weighted by Crippen LogP contribution is 2.34. The molecule has 34 heavy (non-hydrogen) atoms. The summed E-state index contributed by atoms with van der Waals surface area (Å²) in [5, 5.41) is 27.0. The average Bonchev–Trinajstić information content (AvgIpc) is 3.28. The lowest BCUT2D eigenvalue weighted by Crippen LogP contribution is -2.25. The summed E-state index contributed by atoms with van der Waals surface area (Å²) in [4.78, 5) is 0. The van der Waals surface area contributed by atoms with E-state index in [-0.39, 0.29) is 31.4 Å². The molecular weight excluding hydrogens is 461 g/mol. The Morgan fingerprint density at radius 3 is 2.44 bits per heavy atom. The van der Waals surface area contributed by atoms with Crippen molar-refractivity contribution in [3.8, 4) is 11.5 Å². The van der Waals surface area contributed by atoms with Crippen molar-refractivity contribution >= 4 is 11.6 Å². The Kier molecular flexibility index (Phi) is 8.88. The largest absolute Gasteiger partial charge is 0.491 e. The van der Waals surface area contributed by atoms with Crippen LogP contribution in [0.15, 0.2) is 48.7 Å². The van der Waals surface area contributed by atoms with E-state index in [1.165, 1.54) is 16.9 Å². The average molecular weight is 492 g/mol. The highest BCUT2D eigenvalue weighted by Gasteiger charge is 2.24. The number of hydrogen-bond acceptors (Lipinski definition) is 6. The summed E-state index contributed by atoms with van der Waals surface area (Å²) in [6.45, 7) is 6.37. The molecule has 0 spiro atoms. The fraction of sp³-hybridized carbons (Fsp3) is 0.440. The third-order valence-corrected chi connectivity index (χ3v) is 6.23. The first-order valence-corrected chi connectivity index (χ1v) is 11.7. The summed E-state index contributed by atoms with van der Waals surface area (Å²) >= 11 is 5.79. The van der Waals surface area contributed by atoms with Crippen LogP contribution in [0.3, 0.4) is 0 Å². The molecule has 0 aliphatic heterocycles. The highest BCUT2D eigenvalue weighted by atomic mass is 35.5. The van der Waals surface area contributed by atoms with E-state index >= 15 is 0 Å². The summed E-state index contributed by atoms with van der Waals surface area (Å²) in [6.07, 6.45) is 0.627. The minimum atomic E-state index is -0.820. The number of benzene rings is 2. The van der Waals surface area contributed by atoms with Gasteiger partial charge in [0, 0.05) is 17.2 Å². The number of aromatic nitrogens is 3. The number of alkyl halides is 1. The first-order chi connectivity index (χ1) is 16.2. The number of hydrogen-bond donors (Lipinski definition) is 2. The van der Waals surface area contributed by atoms with Gasteiger partial charge in [0.1, 0.15) is 18.5 Å². The van der Waals surface area contributed by atoms with Crippen molar-refractivity contribution < 1.29 is 24.1 Å². The van der Waals surface area contributed by atoms with E-state index in [9.17, 15) is 14.6 Å². The lowest BCUT2D eigenvalue weighted by Gasteiger charge is -2.27. The number of rotatable bonds is 12. The predicted molar refractivity (Wildman–Crippen MR) is 128 cm³/mol. The van der Waals surface area contributed by atoms with Gasteiger partial charge in [0.2, 0.25) is 0 Å². The van der Waals surface area contributed by atoms with Crippen LogP contribution in [0.4, 0.5) is 4.39 Å². The van der Waals surface area contributed by atoms with Crippen LogP contribution < -0.4 is 9.47 Å². The maximum Gasteiger partial charge on any atom is 0.165 e. The van der Waals surface area contributed by atoms with Crippen LogP contribution in [0, 0.1) is 11.7 Å². The molecule has 0 fully saturated rings. The van der Waals surface area contributed by atoms with Gasteiger partial charge in [-0.2, -0.15) is 0 Å². The lowest BCUT2D eigenvalue weighted by atomic mass is 9.78. The van der Waals surface area contributed by atoms with Crippen molar-refractivity contribution in [1.82, 2.24) is 15.0 Å². The molecule has 9 heteroatoms. The number of aliphatic hydroxyl groups is 2. The first kappa shape index (κ1) is 25.9. The molecule has 0 saturated carbocycles. The van der Waals surface area contributed by atoms with Crippen LogP contribution in [0.2, 0.25) is 0 Å². The Bertz CT molecular complexity index is 1060. The lowest BCUT2D eigenvalue weighted by molar-refractivity contribution is 0.0866. The van der Waals surface area contributed by atoms with Crippen LogP contribution in [-0.2, 0) is 18.6 Å². The van der Waals surface area contributed by atoms with Gasteiger partial charge in [-0.1, -0.05) is 44.2 Å². The van der Waals surface area contributed by atoms with Gasteiger partial charge in [-0.25, -0.2) is 9.07 Å². The fourth-order valence-electron chi connectivity index (χ4n) is 3.42. The normalized spacial score (nSPS) is 13.5. The molecule has 3 rings (SSSR count). The third kappa shape index (κ3) is 6.46. The fourth-order valence-corrected chi connectivity index (χ4v) is 3.51. The number of ether oxygens (including phenoxy) is 2. The van der Waals surface area contributed by atoms with Gasteiger partial charge < -0.3 is 19.7 Å². The van der Waals surface area contributed by atoms with Crippen molar-refractivity contribution in [2.75, 3.05) is 19.1 Å². The maximum atomic E-state index is 14.6. The van der Waals surface area contributed by atoms with Crippen molar-refractivity contribution in [3.63, 3.8) is 0 Å². The molecule has 1 aromatic heterocycles. The van der Waals surface area contributed by atoms with Crippen molar-refractivity contribution in [1.29, 1.82) is 0 Å². The first-order valence-electron chi connectivity index (χ1n) is 11.1. The highest BCUT2D eigenvalue weighted by molar-refractivity contribution is 6.18. The minimum Gasteiger partial charge on any atom is -0.491 e. The molecule has 2 N–H and O–H groups in total. The van der Waals surface area contributed by atoms with E-state index in [1.54, 1.807) is 6.07 Å². The van der Waals surface area contributed by atoms with Gasteiger partial charge in [0.25, 0.3) is 0 Å². The zero-order valence-corrected chi connectivity index (χ0v) is 20.4. The Morgan fingerprint density at radius 2 is 1.79 bits per heavy atom. The predicted octanol–water partition coefficient (Wildman–Crippen LogP) is 3.93. The quantitative estimate of drug-likeness (QED) is 0.373. The van der Waals surface area contributed by atoms with Crippen LogP contribution in [-0.4, -0.2) is 50.4 Å². The molecule has 0 aliphatic rings. The maximum absolute atomic E-state index is 14.6. The second-order valence-electron chi connectivity index (χ2n) is 8.90. The standard InChI is InChI=1S/C25H31ClFN3O4/c1-17(11-26)15-34-24-9-6-19(10-23(24)27)25(2,3)18-4-7-22(8-5-18)33-16-21(32)13-30-20(14-31)12-28-29-30/h4-10,12,17,21,31-32H,11,13-16H2,1-3H3. The van der Waals surface area contributed by atoms with Crippen LogP contribution in [0.5, 0.6) is 11.5 Å². The summed E-state index contributed by atoms with van der Waals surface area (Å²) in [5.41, 5.74) is 1.87. The summed E-state index contributed by atoms with van der Waals surface area (Å²) in [6, 6.07) is 12.5. The SMILES string of the molecule is CC(CCl)COc1ccc(C(C)(C)c2ccc(OCC(O)Cn3nncc3CO)cc2)cc1F. The monoisotopic (exact) mass is 491 g/mol. The van der Waals surface area contributed by atoms with Gasteiger partial charge in [-0.3, -0.25) is 0 Å². The molecule has 0 saturated heterocycles. The van der Waals surface area contributed by atoms with Gasteiger partial charge in [-0.15, -0.1) is 16.7 Å². The second-order valence-corrected chi connectivity index (χ2v) is 9.20. The Labute approximate surface area is 204 Å². The minimum absolute atomic E-state index is 0.0580. The van der Waals surface area contributed by atoms with Gasteiger partial charge >= 0.3 is 0 Å². The van der Waals surface area contributed by atoms with E-state index in [4.69, 9.17) is 21.1 Å². The van der Waals surface area contributed by atoms with Crippen molar-refractivity contribution in [3.05, 3.63) is 71.3 Å². The molecule has 0 amide bonds. The Balaban J connectivity index is 1.61. The van der Waals surface area contributed by atoms with E-state index in [0.29, 0.717) is 23.9 Å². The molecule has 0 radical (unpaired) electrons. The van der Waals surface area contributed by atoms with Gasteiger partial charge in [0.15, 0.2) is 11.6 Å². The van der Waals surface area contributed by atoms with Crippen molar-refractivity contribution in [2.45, 2.75) is 45.4 Å². The molecule has 7 nitrogen and oxygen atoms in total. The van der Waals surface area contributed by atoms with Crippen LogP contribution >= 0.6 is 11.6 Å². The molecule has 0 bridgehead atoms. The third-order valence-electron chi connectivity index (χ3n) is 5.70. The molecule has 184 valence electrons. The second kappa shape index (κ2) is 11.6. The Morgan fingerprint density at radius 1 is 1.09 bits per heavy atom.